The molecular weight excluding hydrogens is 371 g/mol. The minimum atomic E-state index is -3.89. The zero-order valence-electron chi connectivity index (χ0n) is 12.4. The Labute approximate surface area is 150 Å². The van der Waals surface area contributed by atoms with Crippen LogP contribution in [-0.2, 0) is 14.8 Å². The molecule has 0 bridgehead atoms. The highest BCUT2D eigenvalue weighted by molar-refractivity contribution is 7.92. The number of rotatable bonds is 5. The van der Waals surface area contributed by atoms with Crippen LogP contribution in [-0.4, -0.2) is 14.3 Å². The average molecular weight is 385 g/mol. The van der Waals surface area contributed by atoms with E-state index in [4.69, 9.17) is 23.2 Å². The van der Waals surface area contributed by atoms with Crippen LogP contribution in [0.5, 0.6) is 0 Å². The number of sulfonamides is 1. The molecule has 1 aliphatic rings. The van der Waals surface area contributed by atoms with Gasteiger partial charge in [-0.1, -0.05) is 29.3 Å². The highest BCUT2D eigenvalue weighted by atomic mass is 35.5. The van der Waals surface area contributed by atoms with Crippen molar-refractivity contribution in [3.8, 4) is 0 Å². The molecule has 1 saturated carbocycles. The Morgan fingerprint density at radius 1 is 1.04 bits per heavy atom. The Balaban J connectivity index is 1.82. The summed E-state index contributed by atoms with van der Waals surface area (Å²) in [5.41, 5.74) is 0.851. The zero-order chi connectivity index (χ0) is 17.3. The third-order valence-corrected chi connectivity index (χ3v) is 5.61. The maximum absolute atomic E-state index is 12.5. The molecule has 5 nitrogen and oxygen atoms in total. The highest BCUT2D eigenvalue weighted by Crippen LogP contribution is 2.31. The van der Waals surface area contributed by atoms with Crippen molar-refractivity contribution in [3.05, 3.63) is 52.5 Å². The molecule has 1 fully saturated rings. The van der Waals surface area contributed by atoms with Gasteiger partial charge in [0.2, 0.25) is 5.91 Å². The summed E-state index contributed by atoms with van der Waals surface area (Å²) >= 11 is 11.8. The second-order valence-electron chi connectivity index (χ2n) is 5.52. The SMILES string of the molecule is O=C(Nc1cccc(NS(=O)(=O)c2cc(Cl)ccc2Cl)c1)C1CC1. The van der Waals surface area contributed by atoms with E-state index in [2.05, 4.69) is 10.0 Å². The van der Waals surface area contributed by atoms with E-state index in [1.807, 2.05) is 0 Å². The summed E-state index contributed by atoms with van der Waals surface area (Å²) in [6.07, 6.45) is 1.79. The first-order valence-electron chi connectivity index (χ1n) is 7.24. The van der Waals surface area contributed by atoms with Crippen LogP contribution in [0.4, 0.5) is 11.4 Å². The molecule has 126 valence electrons. The maximum atomic E-state index is 12.5. The van der Waals surface area contributed by atoms with Crippen molar-refractivity contribution in [2.75, 3.05) is 10.0 Å². The van der Waals surface area contributed by atoms with Gasteiger partial charge in [-0.05, 0) is 49.2 Å². The number of benzene rings is 2. The van der Waals surface area contributed by atoms with E-state index in [9.17, 15) is 13.2 Å². The summed E-state index contributed by atoms with van der Waals surface area (Å²) in [5, 5.41) is 3.11. The fourth-order valence-electron chi connectivity index (χ4n) is 2.14. The van der Waals surface area contributed by atoms with Crippen LogP contribution in [0.25, 0.3) is 0 Å². The van der Waals surface area contributed by atoms with Crippen molar-refractivity contribution in [1.29, 1.82) is 0 Å². The summed E-state index contributed by atoms with van der Waals surface area (Å²) in [6, 6.07) is 10.7. The van der Waals surface area contributed by atoms with Crippen molar-refractivity contribution in [2.45, 2.75) is 17.7 Å². The molecule has 0 aliphatic heterocycles. The first-order chi connectivity index (χ1) is 11.3. The fraction of sp³-hybridized carbons (Fsp3) is 0.188. The summed E-state index contributed by atoms with van der Waals surface area (Å²) in [7, 11) is -3.89. The van der Waals surface area contributed by atoms with Gasteiger partial charge in [0.25, 0.3) is 10.0 Å². The van der Waals surface area contributed by atoms with Gasteiger partial charge in [0.15, 0.2) is 0 Å². The van der Waals surface area contributed by atoms with Crippen molar-refractivity contribution in [3.63, 3.8) is 0 Å². The van der Waals surface area contributed by atoms with Crippen LogP contribution in [0.3, 0.4) is 0 Å². The number of carbonyl (C=O) groups is 1. The fourth-order valence-corrected chi connectivity index (χ4v) is 3.96. The van der Waals surface area contributed by atoms with Gasteiger partial charge >= 0.3 is 0 Å². The minimum Gasteiger partial charge on any atom is -0.326 e. The maximum Gasteiger partial charge on any atom is 0.263 e. The molecule has 0 aromatic heterocycles. The predicted octanol–water partition coefficient (Wildman–Crippen LogP) is 4.14. The molecule has 2 N–H and O–H groups in total. The van der Waals surface area contributed by atoms with Gasteiger partial charge < -0.3 is 5.32 Å². The number of nitrogens with one attached hydrogen (secondary N) is 2. The molecule has 24 heavy (non-hydrogen) atoms. The molecule has 0 radical (unpaired) electrons. The third kappa shape index (κ3) is 4.01. The van der Waals surface area contributed by atoms with Crippen LogP contribution in [0.2, 0.25) is 10.0 Å². The molecule has 2 aromatic rings. The third-order valence-electron chi connectivity index (χ3n) is 3.51. The van der Waals surface area contributed by atoms with E-state index >= 15 is 0 Å². The second-order valence-corrected chi connectivity index (χ2v) is 8.02. The summed E-state index contributed by atoms with van der Waals surface area (Å²) in [6.45, 7) is 0. The number of amides is 1. The molecule has 0 saturated heterocycles. The minimum absolute atomic E-state index is 0.0482. The Morgan fingerprint density at radius 2 is 1.75 bits per heavy atom. The standard InChI is InChI=1S/C16H14Cl2N2O3S/c17-11-6-7-14(18)15(8-11)24(22,23)20-13-3-1-2-12(9-13)19-16(21)10-4-5-10/h1-3,6-10,20H,4-5H2,(H,19,21). The van der Waals surface area contributed by atoms with Crippen molar-refractivity contribution >= 4 is 50.5 Å². The molecular formula is C16H14Cl2N2O3S. The lowest BCUT2D eigenvalue weighted by Crippen LogP contribution is -2.15. The zero-order valence-corrected chi connectivity index (χ0v) is 14.8. The predicted molar refractivity (Wildman–Crippen MR) is 95.1 cm³/mol. The van der Waals surface area contributed by atoms with Crippen LogP contribution >= 0.6 is 23.2 Å². The van der Waals surface area contributed by atoms with Gasteiger partial charge in [0.05, 0.1) is 10.7 Å². The van der Waals surface area contributed by atoms with Crippen LogP contribution in [0.15, 0.2) is 47.4 Å². The molecule has 0 unspecified atom stereocenters. The van der Waals surface area contributed by atoms with Crippen molar-refractivity contribution in [2.24, 2.45) is 5.92 Å². The number of carbonyl (C=O) groups excluding carboxylic acids is 1. The largest absolute Gasteiger partial charge is 0.326 e. The van der Waals surface area contributed by atoms with Gasteiger partial charge in [-0.3, -0.25) is 9.52 Å². The van der Waals surface area contributed by atoms with Crippen molar-refractivity contribution in [1.82, 2.24) is 0 Å². The van der Waals surface area contributed by atoms with Crippen LogP contribution in [0.1, 0.15) is 12.8 Å². The van der Waals surface area contributed by atoms with Crippen LogP contribution in [0, 0.1) is 5.92 Å². The Morgan fingerprint density at radius 3 is 2.46 bits per heavy atom. The second kappa shape index (κ2) is 6.63. The Hall–Kier alpha value is -1.76. The van der Waals surface area contributed by atoms with Gasteiger partial charge in [-0.2, -0.15) is 0 Å². The first-order valence-corrected chi connectivity index (χ1v) is 9.48. The van der Waals surface area contributed by atoms with Crippen molar-refractivity contribution < 1.29 is 13.2 Å². The van der Waals surface area contributed by atoms with Crippen LogP contribution < -0.4 is 10.0 Å². The molecule has 1 aliphatic carbocycles. The Bertz CT molecular complexity index is 896. The molecule has 8 heteroatoms. The number of hydrogen-bond donors (Lipinski definition) is 2. The molecule has 3 rings (SSSR count). The van der Waals surface area contributed by atoms with Gasteiger partial charge in [0, 0.05) is 16.6 Å². The quantitative estimate of drug-likeness (QED) is 0.812. The van der Waals surface area contributed by atoms with Gasteiger partial charge in [-0.15, -0.1) is 0 Å². The molecule has 2 aromatic carbocycles. The summed E-state index contributed by atoms with van der Waals surface area (Å²) in [5.74, 6) is 0.0171. The van der Waals surface area contributed by atoms with E-state index in [1.54, 1.807) is 24.3 Å². The summed E-state index contributed by atoms with van der Waals surface area (Å²) < 4.78 is 27.4. The van der Waals surface area contributed by atoms with E-state index < -0.39 is 10.0 Å². The number of anilines is 2. The number of halogens is 2. The molecule has 0 heterocycles. The molecule has 0 atom stereocenters. The van der Waals surface area contributed by atoms with Gasteiger partial charge in [-0.25, -0.2) is 8.42 Å². The van der Waals surface area contributed by atoms with E-state index in [0.717, 1.165) is 12.8 Å². The average Bonchev–Trinajstić information content (AvgIpc) is 3.34. The lowest BCUT2D eigenvalue weighted by atomic mass is 10.2. The van der Waals surface area contributed by atoms with E-state index in [-0.39, 0.29) is 26.8 Å². The Kier molecular flexibility index (Phi) is 4.71. The highest BCUT2D eigenvalue weighted by Gasteiger charge is 2.29. The normalized spacial score (nSPS) is 14.2. The topological polar surface area (TPSA) is 75.3 Å². The smallest absolute Gasteiger partial charge is 0.263 e. The number of hydrogen-bond acceptors (Lipinski definition) is 3. The lowest BCUT2D eigenvalue weighted by Gasteiger charge is -2.11. The van der Waals surface area contributed by atoms with E-state index in [1.165, 1.54) is 18.2 Å². The van der Waals surface area contributed by atoms with E-state index in [0.29, 0.717) is 11.4 Å². The first kappa shape index (κ1) is 17.1. The summed E-state index contributed by atoms with van der Waals surface area (Å²) in [4.78, 5) is 11.7. The molecule has 1 amide bonds. The monoisotopic (exact) mass is 384 g/mol. The van der Waals surface area contributed by atoms with Gasteiger partial charge in [0.1, 0.15) is 4.90 Å². The lowest BCUT2D eigenvalue weighted by molar-refractivity contribution is -0.117. The molecule has 0 spiro atoms.